The topological polar surface area (TPSA) is 70.4 Å². The number of aryl methyl sites for hydroxylation is 2. The molecule has 0 bridgehead atoms. The fourth-order valence-corrected chi connectivity index (χ4v) is 5.95. The molecule has 1 atom stereocenters. The lowest BCUT2D eigenvalue weighted by Gasteiger charge is -2.40. The maximum atomic E-state index is 13.5. The van der Waals surface area contributed by atoms with Gasteiger partial charge in [-0.15, -0.1) is 0 Å². The molecule has 0 aliphatic carbocycles. The van der Waals surface area contributed by atoms with Crippen LogP contribution in [0, 0.1) is 5.92 Å². The molecule has 3 aliphatic rings. The third-order valence-corrected chi connectivity index (χ3v) is 7.98. The van der Waals surface area contributed by atoms with Crippen LogP contribution in [0.25, 0.3) is 11.2 Å². The van der Waals surface area contributed by atoms with Gasteiger partial charge in [0.15, 0.2) is 17.0 Å². The maximum absolute atomic E-state index is 13.5. The number of piperazine rings is 1. The van der Waals surface area contributed by atoms with E-state index < -0.39 is 0 Å². The first kappa shape index (κ1) is 22.6. The number of imidazole rings is 1. The first-order valence-electron chi connectivity index (χ1n) is 12.9. The summed E-state index contributed by atoms with van der Waals surface area (Å²) in [6.45, 7) is 5.78. The minimum Gasteiger partial charge on any atom is -0.368 e. The van der Waals surface area contributed by atoms with Crippen LogP contribution in [0.1, 0.15) is 37.9 Å². The first-order chi connectivity index (χ1) is 17.2. The molecular weight excluding hydrogens is 462 g/mol. The highest BCUT2D eigenvalue weighted by molar-refractivity contribution is 6.30. The molecule has 1 aromatic carbocycles. The van der Waals surface area contributed by atoms with E-state index in [2.05, 4.69) is 41.4 Å². The lowest BCUT2D eigenvalue weighted by molar-refractivity contribution is -0.136. The van der Waals surface area contributed by atoms with Gasteiger partial charge >= 0.3 is 0 Å². The summed E-state index contributed by atoms with van der Waals surface area (Å²) in [6, 6.07) is 7.95. The number of hydrogen-bond donors (Lipinski definition) is 0. The SMILES string of the molecule is O=C([C@H]1CCCN(c2ncnc3c2nc2n3CCCCC2)C1)N1CCN(c2ccc(Cl)cc2)CC1. The van der Waals surface area contributed by atoms with E-state index in [1.165, 1.54) is 19.3 Å². The molecule has 8 nitrogen and oxygen atoms in total. The van der Waals surface area contributed by atoms with Gasteiger partial charge in [-0.2, -0.15) is 0 Å². The number of piperidine rings is 1. The second kappa shape index (κ2) is 9.64. The van der Waals surface area contributed by atoms with Crippen molar-refractivity contribution in [2.75, 3.05) is 49.1 Å². The van der Waals surface area contributed by atoms with Crippen molar-refractivity contribution in [3.63, 3.8) is 0 Å². The fraction of sp³-hybridized carbons (Fsp3) is 0.538. The number of halogens is 1. The molecule has 2 fully saturated rings. The lowest BCUT2D eigenvalue weighted by Crippen LogP contribution is -2.52. The van der Waals surface area contributed by atoms with Crippen LogP contribution in [0.4, 0.5) is 11.5 Å². The summed E-state index contributed by atoms with van der Waals surface area (Å²) in [5.74, 6) is 2.29. The second-order valence-electron chi connectivity index (χ2n) is 9.93. The second-order valence-corrected chi connectivity index (χ2v) is 10.4. The van der Waals surface area contributed by atoms with E-state index in [0.717, 1.165) is 92.0 Å². The Bertz CT molecular complexity index is 1200. The van der Waals surface area contributed by atoms with Crippen LogP contribution in [-0.2, 0) is 17.8 Å². The molecular formula is C26H32ClN7O. The number of fused-ring (bicyclic) bond motifs is 3. The molecule has 35 heavy (non-hydrogen) atoms. The molecule has 1 amide bonds. The van der Waals surface area contributed by atoms with Crippen molar-refractivity contribution in [1.82, 2.24) is 24.4 Å². The van der Waals surface area contributed by atoms with Crippen molar-refractivity contribution < 1.29 is 4.79 Å². The van der Waals surface area contributed by atoms with Gasteiger partial charge in [0.2, 0.25) is 5.91 Å². The van der Waals surface area contributed by atoms with E-state index >= 15 is 0 Å². The Kier molecular flexibility index (Phi) is 6.22. The smallest absolute Gasteiger partial charge is 0.227 e. The summed E-state index contributed by atoms with van der Waals surface area (Å²) in [7, 11) is 0. The van der Waals surface area contributed by atoms with Gasteiger partial charge in [0.25, 0.3) is 0 Å². The quantitative estimate of drug-likeness (QED) is 0.553. The Hall–Kier alpha value is -2.87. The highest BCUT2D eigenvalue weighted by atomic mass is 35.5. The monoisotopic (exact) mass is 493 g/mol. The van der Waals surface area contributed by atoms with Gasteiger partial charge in [0.05, 0.1) is 5.92 Å². The van der Waals surface area contributed by atoms with E-state index in [9.17, 15) is 4.79 Å². The summed E-state index contributed by atoms with van der Waals surface area (Å²) >= 11 is 6.03. The van der Waals surface area contributed by atoms with Crippen molar-refractivity contribution in [1.29, 1.82) is 0 Å². The van der Waals surface area contributed by atoms with E-state index in [4.69, 9.17) is 16.6 Å². The molecule has 0 radical (unpaired) electrons. The Morgan fingerprint density at radius 3 is 2.54 bits per heavy atom. The van der Waals surface area contributed by atoms with Crippen molar-refractivity contribution in [3.05, 3.63) is 41.4 Å². The largest absolute Gasteiger partial charge is 0.368 e. The summed E-state index contributed by atoms with van der Waals surface area (Å²) in [6.07, 6.45) is 8.17. The van der Waals surface area contributed by atoms with Gasteiger partial charge in [-0.1, -0.05) is 18.0 Å². The van der Waals surface area contributed by atoms with Crippen LogP contribution in [0.3, 0.4) is 0 Å². The van der Waals surface area contributed by atoms with Gasteiger partial charge < -0.3 is 19.3 Å². The van der Waals surface area contributed by atoms with E-state index in [0.29, 0.717) is 6.54 Å². The molecule has 3 aliphatic heterocycles. The van der Waals surface area contributed by atoms with Gasteiger partial charge in [0.1, 0.15) is 12.2 Å². The molecule has 9 heteroatoms. The Morgan fingerprint density at radius 1 is 0.886 bits per heavy atom. The highest BCUT2D eigenvalue weighted by Gasteiger charge is 2.33. The highest BCUT2D eigenvalue weighted by Crippen LogP contribution is 2.30. The first-order valence-corrected chi connectivity index (χ1v) is 13.3. The maximum Gasteiger partial charge on any atom is 0.227 e. The number of aromatic nitrogens is 4. The molecule has 0 spiro atoms. The lowest BCUT2D eigenvalue weighted by atomic mass is 9.96. The third kappa shape index (κ3) is 4.44. The molecule has 2 saturated heterocycles. The molecule has 3 aromatic rings. The van der Waals surface area contributed by atoms with Crippen molar-refractivity contribution in [2.45, 2.75) is 45.1 Å². The van der Waals surface area contributed by atoms with Crippen molar-refractivity contribution in [2.24, 2.45) is 5.92 Å². The van der Waals surface area contributed by atoms with E-state index in [1.54, 1.807) is 6.33 Å². The molecule has 0 unspecified atom stereocenters. The summed E-state index contributed by atoms with van der Waals surface area (Å²) in [5.41, 5.74) is 3.00. The summed E-state index contributed by atoms with van der Waals surface area (Å²) in [5, 5.41) is 0.747. The van der Waals surface area contributed by atoms with Crippen molar-refractivity contribution >= 4 is 40.2 Å². The number of carbonyl (C=O) groups is 1. The molecule has 184 valence electrons. The number of hydrogen-bond acceptors (Lipinski definition) is 6. The van der Waals surface area contributed by atoms with Crippen LogP contribution in [0.15, 0.2) is 30.6 Å². The van der Waals surface area contributed by atoms with Gasteiger partial charge in [-0.25, -0.2) is 15.0 Å². The Balaban J connectivity index is 1.14. The molecule has 0 N–H and O–H groups in total. The standard InChI is InChI=1S/C26H32ClN7O/c27-20-7-9-21(10-8-20)31-13-15-32(16-14-31)26(35)19-5-4-11-33(17-19)24-23-25(29-18-28-24)34-12-3-1-2-6-22(34)30-23/h7-10,18-19H,1-6,11-17H2/t19-/m0/s1. The van der Waals surface area contributed by atoms with Crippen LogP contribution in [0.5, 0.6) is 0 Å². The number of rotatable bonds is 3. The minimum absolute atomic E-state index is 0.00344. The molecule has 5 heterocycles. The van der Waals surface area contributed by atoms with Crippen LogP contribution in [-0.4, -0.2) is 69.6 Å². The summed E-state index contributed by atoms with van der Waals surface area (Å²) < 4.78 is 2.28. The molecule has 2 aromatic heterocycles. The number of carbonyl (C=O) groups excluding carboxylic acids is 1. The summed E-state index contributed by atoms with van der Waals surface area (Å²) in [4.78, 5) is 34.4. The number of nitrogens with zero attached hydrogens (tertiary/aromatic N) is 7. The van der Waals surface area contributed by atoms with E-state index in [1.807, 2.05) is 12.1 Å². The van der Waals surface area contributed by atoms with Crippen LogP contribution >= 0.6 is 11.6 Å². The Morgan fingerprint density at radius 2 is 1.71 bits per heavy atom. The van der Waals surface area contributed by atoms with Gasteiger partial charge in [-0.3, -0.25) is 4.79 Å². The Labute approximate surface area is 210 Å². The fourth-order valence-electron chi connectivity index (χ4n) is 5.82. The number of anilines is 2. The third-order valence-electron chi connectivity index (χ3n) is 7.73. The predicted octanol–water partition coefficient (Wildman–Crippen LogP) is 3.77. The van der Waals surface area contributed by atoms with Crippen LogP contribution in [0.2, 0.25) is 5.02 Å². The minimum atomic E-state index is -0.00344. The number of benzene rings is 1. The van der Waals surface area contributed by atoms with E-state index in [-0.39, 0.29) is 11.8 Å². The average molecular weight is 494 g/mol. The average Bonchev–Trinajstić information content (AvgIpc) is 3.09. The zero-order chi connectivity index (χ0) is 23.8. The van der Waals surface area contributed by atoms with Crippen LogP contribution < -0.4 is 9.80 Å². The number of amides is 1. The zero-order valence-corrected chi connectivity index (χ0v) is 20.8. The van der Waals surface area contributed by atoms with Gasteiger partial charge in [-0.05, 0) is 49.9 Å². The van der Waals surface area contributed by atoms with Gasteiger partial charge in [0, 0.05) is 62.9 Å². The zero-order valence-electron chi connectivity index (χ0n) is 20.1. The molecule has 0 saturated carbocycles. The normalized spacial score (nSPS) is 21.2. The molecule has 6 rings (SSSR count). The predicted molar refractivity (Wildman–Crippen MR) is 138 cm³/mol. The van der Waals surface area contributed by atoms with Crippen molar-refractivity contribution in [3.8, 4) is 0 Å².